The van der Waals surface area contributed by atoms with Crippen molar-refractivity contribution in [2.45, 2.75) is 37.9 Å². The first-order valence-corrected chi connectivity index (χ1v) is 7.50. The number of hydrogen-bond donors (Lipinski definition) is 0. The lowest BCUT2D eigenvalue weighted by molar-refractivity contribution is -0.187. The highest BCUT2D eigenvalue weighted by Gasteiger charge is 2.48. The number of nitrogens with zero attached hydrogens (tertiary/aromatic N) is 2. The highest BCUT2D eigenvalue weighted by molar-refractivity contribution is 5.90. The molecule has 0 bridgehead atoms. The predicted octanol–water partition coefficient (Wildman–Crippen LogP) is 1.42. The molecule has 2 fully saturated rings. The second-order valence-corrected chi connectivity index (χ2v) is 5.88. The molecule has 2 heterocycles. The van der Waals surface area contributed by atoms with Gasteiger partial charge in [-0.3, -0.25) is 9.59 Å². The van der Waals surface area contributed by atoms with Crippen molar-refractivity contribution in [3.05, 3.63) is 0 Å². The second-order valence-electron chi connectivity index (χ2n) is 5.88. The first kappa shape index (κ1) is 17.1. The van der Waals surface area contributed by atoms with E-state index >= 15 is 0 Å². The van der Waals surface area contributed by atoms with E-state index in [1.165, 1.54) is 0 Å². The molecule has 2 amide bonds. The SMILES string of the molecule is COCC1CCN(C(=O)C2CCCN2C(=O)C(F)(F)F)CC1. The van der Waals surface area contributed by atoms with Crippen LogP contribution in [0.25, 0.3) is 0 Å². The van der Waals surface area contributed by atoms with Crippen molar-refractivity contribution in [3.8, 4) is 0 Å². The number of likely N-dealkylation sites (tertiary alicyclic amines) is 2. The number of carbonyl (C=O) groups is 2. The van der Waals surface area contributed by atoms with Crippen LogP contribution in [0.15, 0.2) is 0 Å². The highest BCUT2D eigenvalue weighted by atomic mass is 19.4. The lowest BCUT2D eigenvalue weighted by Crippen LogP contribution is -2.52. The molecule has 8 heteroatoms. The molecule has 0 N–H and O–H groups in total. The maximum atomic E-state index is 12.6. The summed E-state index contributed by atoms with van der Waals surface area (Å²) in [7, 11) is 1.62. The first-order valence-electron chi connectivity index (χ1n) is 7.50. The molecule has 0 aromatic rings. The summed E-state index contributed by atoms with van der Waals surface area (Å²) in [5.41, 5.74) is 0. The molecule has 0 aromatic carbocycles. The Morgan fingerprint density at radius 1 is 1.14 bits per heavy atom. The molecule has 126 valence electrons. The Balaban J connectivity index is 1.96. The molecule has 2 rings (SSSR count). The van der Waals surface area contributed by atoms with Gasteiger partial charge in [0, 0.05) is 33.4 Å². The minimum absolute atomic E-state index is 0.00507. The maximum Gasteiger partial charge on any atom is 0.471 e. The van der Waals surface area contributed by atoms with E-state index in [2.05, 4.69) is 0 Å². The average Bonchev–Trinajstić information content (AvgIpc) is 2.95. The van der Waals surface area contributed by atoms with Gasteiger partial charge >= 0.3 is 12.1 Å². The molecular formula is C14H21F3N2O3. The van der Waals surface area contributed by atoms with Gasteiger partial charge in [0.15, 0.2) is 0 Å². The Labute approximate surface area is 127 Å². The van der Waals surface area contributed by atoms with Crippen LogP contribution < -0.4 is 0 Å². The molecule has 5 nitrogen and oxygen atoms in total. The molecule has 0 radical (unpaired) electrons. The molecule has 0 saturated carbocycles. The van der Waals surface area contributed by atoms with Gasteiger partial charge in [0.2, 0.25) is 5.91 Å². The number of rotatable bonds is 3. The molecule has 0 aromatic heterocycles. The van der Waals surface area contributed by atoms with E-state index in [0.717, 1.165) is 12.8 Å². The fourth-order valence-electron chi connectivity index (χ4n) is 3.20. The van der Waals surface area contributed by atoms with Crippen LogP contribution >= 0.6 is 0 Å². The van der Waals surface area contributed by atoms with Crippen LogP contribution in [0, 0.1) is 5.92 Å². The molecule has 22 heavy (non-hydrogen) atoms. The minimum Gasteiger partial charge on any atom is -0.384 e. The summed E-state index contributed by atoms with van der Waals surface area (Å²) in [6.45, 7) is 1.65. The highest BCUT2D eigenvalue weighted by Crippen LogP contribution is 2.28. The predicted molar refractivity (Wildman–Crippen MR) is 72.0 cm³/mol. The summed E-state index contributed by atoms with van der Waals surface area (Å²) in [6, 6.07) is -0.965. The van der Waals surface area contributed by atoms with Crippen LogP contribution in [-0.4, -0.2) is 67.2 Å². The molecule has 0 spiro atoms. The van der Waals surface area contributed by atoms with Crippen LogP contribution in [0.3, 0.4) is 0 Å². The molecule has 1 atom stereocenters. The Morgan fingerprint density at radius 2 is 1.77 bits per heavy atom. The van der Waals surface area contributed by atoms with E-state index in [0.29, 0.717) is 43.4 Å². The number of piperidine rings is 1. The van der Waals surface area contributed by atoms with E-state index in [1.54, 1.807) is 12.0 Å². The van der Waals surface area contributed by atoms with Crippen molar-refractivity contribution in [3.63, 3.8) is 0 Å². The van der Waals surface area contributed by atoms with Crippen molar-refractivity contribution in [1.29, 1.82) is 0 Å². The molecule has 2 aliphatic heterocycles. The van der Waals surface area contributed by atoms with Crippen LogP contribution in [-0.2, 0) is 14.3 Å². The number of methoxy groups -OCH3 is 1. The largest absolute Gasteiger partial charge is 0.471 e. The quantitative estimate of drug-likeness (QED) is 0.790. The molecule has 2 saturated heterocycles. The average molecular weight is 322 g/mol. The number of halogens is 3. The summed E-state index contributed by atoms with van der Waals surface area (Å²) >= 11 is 0. The standard InChI is InChI=1S/C14H21F3N2O3/c1-22-9-10-4-7-18(8-5-10)12(20)11-3-2-6-19(11)13(21)14(15,16)17/h10-11H,2-9H2,1H3. The zero-order chi connectivity index (χ0) is 16.3. The third-order valence-corrected chi connectivity index (χ3v) is 4.37. The van der Waals surface area contributed by atoms with Crippen molar-refractivity contribution in [2.75, 3.05) is 33.4 Å². The normalized spacial score (nSPS) is 23.9. The Kier molecular flexibility index (Phi) is 5.31. The van der Waals surface area contributed by atoms with Gasteiger partial charge in [-0.25, -0.2) is 0 Å². The van der Waals surface area contributed by atoms with E-state index in [4.69, 9.17) is 4.74 Å². The van der Waals surface area contributed by atoms with Crippen molar-refractivity contribution >= 4 is 11.8 Å². The Bertz CT molecular complexity index is 420. The minimum atomic E-state index is -4.92. The van der Waals surface area contributed by atoms with E-state index in [-0.39, 0.29) is 12.5 Å². The molecular weight excluding hydrogens is 301 g/mol. The third kappa shape index (κ3) is 3.71. The summed E-state index contributed by atoms with van der Waals surface area (Å²) in [5, 5.41) is 0. The van der Waals surface area contributed by atoms with Gasteiger partial charge in [0.25, 0.3) is 0 Å². The zero-order valence-electron chi connectivity index (χ0n) is 12.6. The summed E-state index contributed by atoms with van der Waals surface area (Å²) in [5.74, 6) is -1.88. The van der Waals surface area contributed by atoms with Gasteiger partial charge in [-0.2, -0.15) is 13.2 Å². The fourth-order valence-corrected chi connectivity index (χ4v) is 3.20. The van der Waals surface area contributed by atoms with Crippen molar-refractivity contribution in [2.24, 2.45) is 5.92 Å². The van der Waals surface area contributed by atoms with Crippen LogP contribution in [0.4, 0.5) is 13.2 Å². The summed E-state index contributed by atoms with van der Waals surface area (Å²) < 4.78 is 42.8. The van der Waals surface area contributed by atoms with E-state index in [9.17, 15) is 22.8 Å². The summed E-state index contributed by atoms with van der Waals surface area (Å²) in [6.07, 6.45) is -2.63. The van der Waals surface area contributed by atoms with Gasteiger partial charge < -0.3 is 14.5 Å². The number of carbonyl (C=O) groups excluding carboxylic acids is 2. The van der Waals surface area contributed by atoms with E-state index in [1.807, 2.05) is 0 Å². The zero-order valence-corrected chi connectivity index (χ0v) is 12.6. The third-order valence-electron chi connectivity index (χ3n) is 4.37. The van der Waals surface area contributed by atoms with Crippen LogP contribution in [0.5, 0.6) is 0 Å². The maximum absolute atomic E-state index is 12.6. The molecule has 0 aliphatic carbocycles. The van der Waals surface area contributed by atoms with Crippen molar-refractivity contribution < 1.29 is 27.5 Å². The van der Waals surface area contributed by atoms with Gasteiger partial charge in [-0.15, -0.1) is 0 Å². The number of alkyl halides is 3. The molecule has 1 unspecified atom stereocenters. The molecule has 2 aliphatic rings. The van der Waals surface area contributed by atoms with Crippen molar-refractivity contribution in [1.82, 2.24) is 9.80 Å². The van der Waals surface area contributed by atoms with Crippen LogP contribution in [0.1, 0.15) is 25.7 Å². The van der Waals surface area contributed by atoms with Gasteiger partial charge in [-0.05, 0) is 31.6 Å². The van der Waals surface area contributed by atoms with Gasteiger partial charge in [0.1, 0.15) is 6.04 Å². The number of ether oxygens (including phenoxy) is 1. The second kappa shape index (κ2) is 6.85. The Hall–Kier alpha value is -1.31. The lowest BCUT2D eigenvalue weighted by atomic mass is 9.97. The first-order chi connectivity index (χ1) is 10.3. The smallest absolute Gasteiger partial charge is 0.384 e. The fraction of sp³-hybridized carbons (Fsp3) is 0.857. The van der Waals surface area contributed by atoms with Gasteiger partial charge in [-0.1, -0.05) is 0 Å². The number of hydrogen-bond acceptors (Lipinski definition) is 3. The lowest BCUT2D eigenvalue weighted by Gasteiger charge is -2.35. The van der Waals surface area contributed by atoms with E-state index < -0.39 is 18.1 Å². The topological polar surface area (TPSA) is 49.9 Å². The summed E-state index contributed by atoms with van der Waals surface area (Å²) in [4.78, 5) is 26.1. The monoisotopic (exact) mass is 322 g/mol. The van der Waals surface area contributed by atoms with Crippen LogP contribution in [0.2, 0.25) is 0 Å². The number of amides is 2. The Morgan fingerprint density at radius 3 is 2.32 bits per heavy atom. The van der Waals surface area contributed by atoms with Gasteiger partial charge in [0.05, 0.1) is 0 Å².